The number of benzene rings is 1. The second-order valence-corrected chi connectivity index (χ2v) is 4.11. The molecular weight excluding hydrogens is 261 g/mol. The van der Waals surface area contributed by atoms with Gasteiger partial charge in [-0.05, 0) is 19.2 Å². The van der Waals surface area contributed by atoms with Gasteiger partial charge in [-0.25, -0.2) is 4.39 Å². The lowest BCUT2D eigenvalue weighted by molar-refractivity contribution is 0.390. The van der Waals surface area contributed by atoms with E-state index in [4.69, 9.17) is 9.47 Å². The molecule has 1 heterocycles. The van der Waals surface area contributed by atoms with Crippen LogP contribution in [0, 0.1) is 5.82 Å². The molecule has 2 aromatic rings. The average molecular weight is 277 g/mol. The summed E-state index contributed by atoms with van der Waals surface area (Å²) < 4.78 is 24.1. The standard InChI is InChI=1S/C14H16FN3O2/c1-16-14(12-6-7-13(20-3)18-17-12)10-5-4-9(19-2)8-11(10)15/h4-8,14,16H,1-3H3. The summed E-state index contributed by atoms with van der Waals surface area (Å²) in [4.78, 5) is 0. The first-order chi connectivity index (χ1) is 9.69. The van der Waals surface area contributed by atoms with E-state index in [1.165, 1.54) is 20.3 Å². The Morgan fingerprint density at radius 1 is 1.10 bits per heavy atom. The summed E-state index contributed by atoms with van der Waals surface area (Å²) in [7, 11) is 4.75. The van der Waals surface area contributed by atoms with E-state index in [0.717, 1.165) is 0 Å². The highest BCUT2D eigenvalue weighted by molar-refractivity contribution is 5.34. The predicted molar refractivity (Wildman–Crippen MR) is 72.4 cm³/mol. The van der Waals surface area contributed by atoms with E-state index < -0.39 is 0 Å². The summed E-state index contributed by atoms with van der Waals surface area (Å²) in [6.07, 6.45) is 0. The van der Waals surface area contributed by atoms with Crippen LogP contribution in [0.15, 0.2) is 30.3 Å². The topological polar surface area (TPSA) is 56.3 Å². The van der Waals surface area contributed by atoms with E-state index in [-0.39, 0.29) is 11.9 Å². The number of aromatic nitrogens is 2. The molecule has 0 amide bonds. The summed E-state index contributed by atoms with van der Waals surface area (Å²) in [5, 5.41) is 11.0. The smallest absolute Gasteiger partial charge is 0.233 e. The van der Waals surface area contributed by atoms with Gasteiger partial charge in [-0.15, -0.1) is 10.2 Å². The number of methoxy groups -OCH3 is 2. The number of nitrogens with zero attached hydrogens (tertiary/aromatic N) is 2. The van der Waals surface area contributed by atoms with Gasteiger partial charge in [-0.2, -0.15) is 0 Å². The molecule has 0 fully saturated rings. The van der Waals surface area contributed by atoms with Crippen molar-refractivity contribution in [1.29, 1.82) is 0 Å². The van der Waals surface area contributed by atoms with Crippen LogP contribution < -0.4 is 14.8 Å². The quantitative estimate of drug-likeness (QED) is 0.905. The minimum atomic E-state index is -0.390. The third kappa shape index (κ3) is 2.85. The molecular formula is C14H16FN3O2. The fraction of sp³-hybridized carbons (Fsp3) is 0.286. The SMILES string of the molecule is CNC(c1ccc(OC)nn1)c1ccc(OC)cc1F. The van der Waals surface area contributed by atoms with Crippen LogP contribution in [-0.2, 0) is 0 Å². The number of halogens is 1. The summed E-state index contributed by atoms with van der Waals surface area (Å²) in [6, 6.07) is 7.77. The molecule has 0 aliphatic carbocycles. The first-order valence-electron chi connectivity index (χ1n) is 6.08. The van der Waals surface area contributed by atoms with Crippen LogP contribution in [0.3, 0.4) is 0 Å². The molecule has 0 aliphatic heterocycles. The van der Waals surface area contributed by atoms with Crippen molar-refractivity contribution in [2.45, 2.75) is 6.04 Å². The molecule has 0 aliphatic rings. The molecule has 1 atom stereocenters. The molecule has 0 saturated carbocycles. The van der Waals surface area contributed by atoms with Crippen LogP contribution in [0.4, 0.5) is 4.39 Å². The maximum atomic E-state index is 14.1. The van der Waals surface area contributed by atoms with Crippen LogP contribution >= 0.6 is 0 Å². The molecule has 0 radical (unpaired) electrons. The minimum Gasteiger partial charge on any atom is -0.497 e. The highest BCUT2D eigenvalue weighted by Gasteiger charge is 2.18. The number of hydrogen-bond acceptors (Lipinski definition) is 5. The number of rotatable bonds is 5. The molecule has 0 bridgehead atoms. The zero-order chi connectivity index (χ0) is 14.5. The van der Waals surface area contributed by atoms with Crippen LogP contribution in [0.1, 0.15) is 17.3 Å². The second kappa shape index (κ2) is 6.29. The molecule has 1 N–H and O–H groups in total. The molecule has 0 spiro atoms. The molecule has 106 valence electrons. The van der Waals surface area contributed by atoms with Crippen molar-refractivity contribution >= 4 is 0 Å². The first-order valence-corrected chi connectivity index (χ1v) is 6.08. The molecule has 1 unspecified atom stereocenters. The monoisotopic (exact) mass is 277 g/mol. The lowest BCUT2D eigenvalue weighted by atomic mass is 10.0. The van der Waals surface area contributed by atoms with E-state index in [1.807, 2.05) is 0 Å². The summed E-state index contributed by atoms with van der Waals surface area (Å²) >= 11 is 0. The maximum absolute atomic E-state index is 14.1. The Balaban J connectivity index is 2.35. The van der Waals surface area contributed by atoms with E-state index in [0.29, 0.717) is 22.9 Å². The highest BCUT2D eigenvalue weighted by atomic mass is 19.1. The van der Waals surface area contributed by atoms with Crippen molar-refractivity contribution in [3.63, 3.8) is 0 Å². The van der Waals surface area contributed by atoms with Gasteiger partial charge in [-0.1, -0.05) is 6.07 Å². The van der Waals surface area contributed by atoms with Crippen molar-refractivity contribution in [3.8, 4) is 11.6 Å². The van der Waals surface area contributed by atoms with Gasteiger partial charge in [0.1, 0.15) is 11.6 Å². The normalized spacial score (nSPS) is 12.0. The predicted octanol–water partition coefficient (Wildman–Crippen LogP) is 1.94. The van der Waals surface area contributed by atoms with E-state index in [1.54, 1.807) is 31.3 Å². The zero-order valence-corrected chi connectivity index (χ0v) is 11.6. The van der Waals surface area contributed by atoms with Crippen molar-refractivity contribution in [2.24, 2.45) is 0 Å². The van der Waals surface area contributed by atoms with Crippen molar-refractivity contribution in [2.75, 3.05) is 21.3 Å². The number of ether oxygens (including phenoxy) is 2. The van der Waals surface area contributed by atoms with Crippen LogP contribution in [0.5, 0.6) is 11.6 Å². The van der Waals surface area contributed by atoms with Crippen molar-refractivity contribution in [3.05, 3.63) is 47.4 Å². The Labute approximate surface area is 116 Å². The Morgan fingerprint density at radius 3 is 2.40 bits per heavy atom. The Hall–Kier alpha value is -2.21. The third-order valence-electron chi connectivity index (χ3n) is 2.97. The largest absolute Gasteiger partial charge is 0.497 e. The van der Waals surface area contributed by atoms with E-state index in [9.17, 15) is 4.39 Å². The summed E-state index contributed by atoms with van der Waals surface area (Å²) in [6.45, 7) is 0. The molecule has 6 heteroatoms. The molecule has 1 aromatic heterocycles. The fourth-order valence-corrected chi connectivity index (χ4v) is 1.92. The lowest BCUT2D eigenvalue weighted by Gasteiger charge is -2.17. The number of nitrogens with one attached hydrogen (secondary N) is 1. The second-order valence-electron chi connectivity index (χ2n) is 4.11. The van der Waals surface area contributed by atoms with Gasteiger partial charge in [0.25, 0.3) is 0 Å². The molecule has 2 rings (SSSR count). The Bertz CT molecular complexity index is 575. The molecule has 1 aromatic carbocycles. The molecule has 0 saturated heterocycles. The Morgan fingerprint density at radius 2 is 1.90 bits per heavy atom. The highest BCUT2D eigenvalue weighted by Crippen LogP contribution is 2.26. The average Bonchev–Trinajstić information content (AvgIpc) is 2.50. The van der Waals surface area contributed by atoms with Gasteiger partial charge in [0.2, 0.25) is 5.88 Å². The number of hydrogen-bond donors (Lipinski definition) is 1. The minimum absolute atomic E-state index is 0.360. The third-order valence-corrected chi connectivity index (χ3v) is 2.97. The van der Waals surface area contributed by atoms with Gasteiger partial charge in [0.15, 0.2) is 0 Å². The van der Waals surface area contributed by atoms with Crippen molar-refractivity contribution in [1.82, 2.24) is 15.5 Å². The van der Waals surface area contributed by atoms with Gasteiger partial charge in [0, 0.05) is 17.7 Å². The first kappa shape index (κ1) is 14.2. The lowest BCUT2D eigenvalue weighted by Crippen LogP contribution is -2.20. The van der Waals surface area contributed by atoms with Crippen LogP contribution in [0.25, 0.3) is 0 Å². The summed E-state index contributed by atoms with van der Waals surface area (Å²) in [5.74, 6) is 0.530. The Kier molecular flexibility index (Phi) is 4.47. The zero-order valence-electron chi connectivity index (χ0n) is 11.6. The van der Waals surface area contributed by atoms with Crippen LogP contribution in [0.2, 0.25) is 0 Å². The maximum Gasteiger partial charge on any atom is 0.233 e. The molecule has 5 nitrogen and oxygen atoms in total. The summed E-state index contributed by atoms with van der Waals surface area (Å²) in [5.41, 5.74) is 1.09. The molecule has 20 heavy (non-hydrogen) atoms. The van der Waals surface area contributed by atoms with Crippen LogP contribution in [-0.4, -0.2) is 31.5 Å². The van der Waals surface area contributed by atoms with Crippen molar-refractivity contribution < 1.29 is 13.9 Å². The fourth-order valence-electron chi connectivity index (χ4n) is 1.92. The van der Waals surface area contributed by atoms with Gasteiger partial charge in [-0.3, -0.25) is 0 Å². The van der Waals surface area contributed by atoms with E-state index in [2.05, 4.69) is 15.5 Å². The van der Waals surface area contributed by atoms with Gasteiger partial charge < -0.3 is 14.8 Å². The van der Waals surface area contributed by atoms with Gasteiger partial charge in [0.05, 0.1) is 26.0 Å². The van der Waals surface area contributed by atoms with Gasteiger partial charge >= 0.3 is 0 Å². The van der Waals surface area contributed by atoms with E-state index >= 15 is 0 Å².